The monoisotopic (exact) mass is 294 g/mol. The second-order valence-corrected chi connectivity index (χ2v) is 7.33. The number of rotatable bonds is 1. The molecule has 5 heteroatoms. The lowest BCUT2D eigenvalue weighted by Crippen LogP contribution is -2.41. The van der Waals surface area contributed by atoms with Gasteiger partial charge in [0.1, 0.15) is 0 Å². The van der Waals surface area contributed by atoms with Crippen LogP contribution in [0, 0.1) is 0 Å². The van der Waals surface area contributed by atoms with Crippen LogP contribution in [0.5, 0.6) is 0 Å². The molecule has 1 aromatic carbocycles. The molecule has 1 aliphatic rings. The number of benzene rings is 1. The minimum atomic E-state index is -0.380. The lowest BCUT2D eigenvalue weighted by Gasteiger charge is -2.32. The van der Waals surface area contributed by atoms with Gasteiger partial charge in [-0.15, -0.1) is 11.3 Å². The summed E-state index contributed by atoms with van der Waals surface area (Å²) in [5.74, 6) is 0. The van der Waals surface area contributed by atoms with Gasteiger partial charge < -0.3 is 9.31 Å². The smallest absolute Gasteiger partial charge is 0.399 e. The van der Waals surface area contributed by atoms with Crippen molar-refractivity contribution in [3.05, 3.63) is 29.3 Å². The van der Waals surface area contributed by atoms with E-state index in [0.717, 1.165) is 19.9 Å². The van der Waals surface area contributed by atoms with Crippen molar-refractivity contribution >= 4 is 44.9 Å². The SMILES string of the molecule is CC1(C)OB(c2sc3ccccc3c2Cl)OC1(C)C. The second kappa shape index (κ2) is 4.22. The van der Waals surface area contributed by atoms with Gasteiger partial charge in [0.25, 0.3) is 0 Å². The maximum absolute atomic E-state index is 6.47. The maximum Gasteiger partial charge on any atom is 0.507 e. The molecule has 2 nitrogen and oxygen atoms in total. The molecule has 2 aromatic rings. The summed E-state index contributed by atoms with van der Waals surface area (Å²) in [4.78, 5) is 0. The van der Waals surface area contributed by atoms with Crippen LogP contribution in [0.3, 0.4) is 0 Å². The molecule has 1 aromatic heterocycles. The summed E-state index contributed by atoms with van der Waals surface area (Å²) < 4.78 is 14.3. The van der Waals surface area contributed by atoms with Gasteiger partial charge in [0, 0.05) is 10.1 Å². The topological polar surface area (TPSA) is 18.5 Å². The molecular weight excluding hydrogens is 278 g/mol. The predicted molar refractivity (Wildman–Crippen MR) is 82.6 cm³/mol. The van der Waals surface area contributed by atoms with E-state index >= 15 is 0 Å². The maximum atomic E-state index is 6.47. The first kappa shape index (κ1) is 13.4. The van der Waals surface area contributed by atoms with Crippen molar-refractivity contribution in [1.29, 1.82) is 0 Å². The highest BCUT2D eigenvalue weighted by molar-refractivity contribution is 7.29. The third-order valence-electron chi connectivity index (χ3n) is 4.03. The van der Waals surface area contributed by atoms with Gasteiger partial charge in [-0.05, 0) is 33.8 Å². The minimum absolute atomic E-state index is 0.336. The Hall–Kier alpha value is -0.545. The predicted octanol–water partition coefficient (Wildman–Crippen LogP) is 3.85. The molecule has 0 radical (unpaired) electrons. The lowest BCUT2D eigenvalue weighted by molar-refractivity contribution is 0.00578. The van der Waals surface area contributed by atoms with E-state index in [2.05, 4.69) is 6.07 Å². The summed E-state index contributed by atoms with van der Waals surface area (Å²) in [5.41, 5.74) is -0.672. The van der Waals surface area contributed by atoms with E-state index in [1.54, 1.807) is 11.3 Å². The number of fused-ring (bicyclic) bond motifs is 1. The lowest BCUT2D eigenvalue weighted by atomic mass is 9.87. The van der Waals surface area contributed by atoms with Gasteiger partial charge >= 0.3 is 7.12 Å². The zero-order valence-electron chi connectivity index (χ0n) is 11.5. The average molecular weight is 295 g/mol. The molecule has 1 aliphatic heterocycles. The van der Waals surface area contributed by atoms with Gasteiger partial charge in [0.2, 0.25) is 0 Å². The minimum Gasteiger partial charge on any atom is -0.399 e. The molecule has 19 heavy (non-hydrogen) atoms. The van der Waals surface area contributed by atoms with Crippen molar-refractivity contribution in [3.8, 4) is 0 Å². The molecule has 2 heterocycles. The summed E-state index contributed by atoms with van der Waals surface area (Å²) in [7, 11) is -0.380. The van der Waals surface area contributed by atoms with E-state index < -0.39 is 0 Å². The normalized spacial score (nSPS) is 21.2. The van der Waals surface area contributed by atoms with Gasteiger partial charge in [-0.1, -0.05) is 29.8 Å². The summed E-state index contributed by atoms with van der Waals surface area (Å²) >= 11 is 8.11. The van der Waals surface area contributed by atoms with Crippen molar-refractivity contribution in [2.45, 2.75) is 38.9 Å². The van der Waals surface area contributed by atoms with E-state index in [1.165, 1.54) is 0 Å². The summed E-state index contributed by atoms with van der Waals surface area (Å²) in [6.07, 6.45) is 0. The number of hydrogen-bond donors (Lipinski definition) is 0. The first-order chi connectivity index (χ1) is 8.82. The molecule has 1 fully saturated rings. The fourth-order valence-electron chi connectivity index (χ4n) is 2.13. The van der Waals surface area contributed by atoms with Crippen LogP contribution >= 0.6 is 22.9 Å². The fourth-order valence-corrected chi connectivity index (χ4v) is 3.62. The highest BCUT2D eigenvalue weighted by Crippen LogP contribution is 2.39. The van der Waals surface area contributed by atoms with Crippen LogP contribution in [0.2, 0.25) is 5.02 Å². The summed E-state index contributed by atoms with van der Waals surface area (Å²) in [6, 6.07) is 8.11. The molecular formula is C14H16BClO2S. The number of thiophene rings is 1. The quantitative estimate of drug-likeness (QED) is 0.744. The summed E-state index contributed by atoms with van der Waals surface area (Å²) in [5, 5.41) is 1.82. The Morgan fingerprint density at radius 2 is 1.63 bits per heavy atom. The third-order valence-corrected chi connectivity index (χ3v) is 5.74. The molecule has 0 saturated carbocycles. The van der Waals surface area contributed by atoms with E-state index in [4.69, 9.17) is 20.9 Å². The standard InChI is InChI=1S/C14H16BClO2S/c1-13(2)14(3,4)18-15(17-13)12-11(16)9-7-5-6-8-10(9)19-12/h5-8H,1-4H3. The molecule has 0 N–H and O–H groups in total. The number of halogens is 1. The second-order valence-electron chi connectivity index (χ2n) is 5.86. The van der Waals surface area contributed by atoms with Crippen molar-refractivity contribution in [1.82, 2.24) is 0 Å². The highest BCUT2D eigenvalue weighted by Gasteiger charge is 2.52. The molecule has 3 rings (SSSR count). The summed E-state index contributed by atoms with van der Waals surface area (Å²) in [6.45, 7) is 8.20. The van der Waals surface area contributed by atoms with E-state index in [-0.39, 0.29) is 18.3 Å². The van der Waals surface area contributed by atoms with E-state index in [0.29, 0.717) is 0 Å². The fraction of sp³-hybridized carbons (Fsp3) is 0.429. The Bertz CT molecular complexity index is 619. The average Bonchev–Trinajstić information content (AvgIpc) is 2.76. The zero-order chi connectivity index (χ0) is 13.8. The van der Waals surface area contributed by atoms with Crippen molar-refractivity contribution in [2.24, 2.45) is 0 Å². The number of hydrogen-bond acceptors (Lipinski definition) is 3. The molecule has 0 aliphatic carbocycles. The van der Waals surface area contributed by atoms with Crippen molar-refractivity contribution < 1.29 is 9.31 Å². The van der Waals surface area contributed by atoms with Crippen molar-refractivity contribution in [2.75, 3.05) is 0 Å². The van der Waals surface area contributed by atoms with Crippen LogP contribution in [-0.4, -0.2) is 18.3 Å². The van der Waals surface area contributed by atoms with Crippen molar-refractivity contribution in [3.63, 3.8) is 0 Å². The van der Waals surface area contributed by atoms with Gasteiger partial charge in [-0.3, -0.25) is 0 Å². The third kappa shape index (κ3) is 2.02. The van der Waals surface area contributed by atoms with Gasteiger partial charge in [-0.25, -0.2) is 0 Å². The van der Waals surface area contributed by atoms with Crippen LogP contribution < -0.4 is 4.78 Å². The molecule has 0 spiro atoms. The Kier molecular flexibility index (Phi) is 2.99. The van der Waals surface area contributed by atoms with Gasteiger partial charge in [-0.2, -0.15) is 0 Å². The van der Waals surface area contributed by atoms with Crippen LogP contribution in [-0.2, 0) is 9.31 Å². The first-order valence-corrected chi connectivity index (χ1v) is 7.54. The van der Waals surface area contributed by atoms with Gasteiger partial charge in [0.15, 0.2) is 0 Å². The van der Waals surface area contributed by atoms with Gasteiger partial charge in [0.05, 0.1) is 21.0 Å². The highest BCUT2D eigenvalue weighted by atomic mass is 35.5. The molecule has 1 saturated heterocycles. The molecule has 0 amide bonds. The zero-order valence-corrected chi connectivity index (χ0v) is 13.1. The Balaban J connectivity index is 2.05. The molecule has 0 bridgehead atoms. The Morgan fingerprint density at radius 1 is 1.05 bits per heavy atom. The molecule has 0 atom stereocenters. The van der Waals surface area contributed by atoms with Crippen LogP contribution in [0.1, 0.15) is 27.7 Å². The largest absolute Gasteiger partial charge is 0.507 e. The van der Waals surface area contributed by atoms with E-state index in [9.17, 15) is 0 Å². The Morgan fingerprint density at radius 3 is 2.21 bits per heavy atom. The molecule has 100 valence electrons. The van der Waals surface area contributed by atoms with Crippen LogP contribution in [0.4, 0.5) is 0 Å². The molecule has 0 unspecified atom stereocenters. The van der Waals surface area contributed by atoms with Crippen LogP contribution in [0.15, 0.2) is 24.3 Å². The van der Waals surface area contributed by atoms with E-state index in [1.807, 2.05) is 45.9 Å². The first-order valence-electron chi connectivity index (χ1n) is 6.34. The Labute approximate surface area is 122 Å². The van der Waals surface area contributed by atoms with Crippen LogP contribution in [0.25, 0.3) is 10.1 Å².